The Bertz CT molecular complexity index is 281. The lowest BCUT2D eigenvalue weighted by Gasteiger charge is -1.96. The molecule has 7 heteroatoms. The van der Waals surface area contributed by atoms with Gasteiger partial charge >= 0.3 is 9.15 Å². The molecule has 12 heavy (non-hydrogen) atoms. The van der Waals surface area contributed by atoms with Crippen molar-refractivity contribution < 1.29 is 13.0 Å². The van der Waals surface area contributed by atoms with Gasteiger partial charge in [0.1, 0.15) is 5.84 Å². The van der Waals surface area contributed by atoms with Crippen molar-refractivity contribution in [1.29, 1.82) is 0 Å². The highest BCUT2D eigenvalue weighted by Crippen LogP contribution is 2.23. The van der Waals surface area contributed by atoms with Crippen molar-refractivity contribution in [2.75, 3.05) is 5.75 Å². The maximum Gasteiger partial charge on any atom is 0.320 e. The van der Waals surface area contributed by atoms with Gasteiger partial charge in [0.15, 0.2) is 0 Å². The zero-order chi connectivity index (χ0) is 9.19. The van der Waals surface area contributed by atoms with Gasteiger partial charge in [0.25, 0.3) is 0 Å². The second kappa shape index (κ2) is 3.63. The Morgan fingerprint density at radius 2 is 2.25 bits per heavy atom. The van der Waals surface area contributed by atoms with Crippen LogP contribution in [0.3, 0.4) is 0 Å². The third-order valence-corrected chi connectivity index (χ3v) is 3.21. The monoisotopic (exact) mass is 210 g/mol. The van der Waals surface area contributed by atoms with E-state index in [4.69, 9.17) is 10.3 Å². The zero-order valence-corrected chi connectivity index (χ0v) is 7.94. The molecule has 0 aromatic carbocycles. The van der Waals surface area contributed by atoms with E-state index < -0.39 is 9.15 Å². The highest BCUT2D eigenvalue weighted by Gasteiger charge is 2.20. The van der Waals surface area contributed by atoms with Crippen molar-refractivity contribution in [1.82, 2.24) is 0 Å². The molecule has 0 amide bonds. The van der Waals surface area contributed by atoms with Crippen molar-refractivity contribution in [3.63, 3.8) is 0 Å². The van der Waals surface area contributed by atoms with E-state index in [0.29, 0.717) is 10.8 Å². The first-order valence-corrected chi connectivity index (χ1v) is 6.35. The van der Waals surface area contributed by atoms with Gasteiger partial charge in [-0.05, 0) is 12.8 Å². The lowest BCUT2D eigenvalue weighted by molar-refractivity contribution is 0.503. The Labute approximate surface area is 74.6 Å². The van der Waals surface area contributed by atoms with Crippen molar-refractivity contribution in [2.24, 2.45) is 10.7 Å². The highest BCUT2D eigenvalue weighted by atomic mass is 33.1. The van der Waals surface area contributed by atoms with E-state index in [0.717, 1.165) is 12.8 Å². The third kappa shape index (κ3) is 4.58. The van der Waals surface area contributed by atoms with Crippen LogP contribution < -0.4 is 5.73 Å². The molecule has 0 atom stereocenters. The first-order valence-electron chi connectivity index (χ1n) is 3.41. The van der Waals surface area contributed by atoms with Gasteiger partial charge < -0.3 is 5.73 Å². The van der Waals surface area contributed by atoms with Gasteiger partial charge in [-0.1, -0.05) is 0 Å². The molecule has 0 saturated heterocycles. The van der Waals surface area contributed by atoms with Crippen molar-refractivity contribution in [3.05, 3.63) is 0 Å². The molecule has 1 aliphatic rings. The first kappa shape index (κ1) is 9.82. The van der Waals surface area contributed by atoms with Crippen LogP contribution in [0.25, 0.3) is 0 Å². The van der Waals surface area contributed by atoms with Crippen molar-refractivity contribution >= 4 is 25.8 Å². The SMILES string of the molecule is NC(CSS(=O)(=O)O)=NC1CC1. The molecule has 0 aromatic heterocycles. The molecule has 0 aromatic rings. The Hall–Kier alpha value is -0.270. The summed E-state index contributed by atoms with van der Waals surface area (Å²) in [5.41, 5.74) is 5.38. The number of hydrogen-bond acceptors (Lipinski definition) is 4. The Morgan fingerprint density at radius 1 is 1.67 bits per heavy atom. The summed E-state index contributed by atoms with van der Waals surface area (Å²) in [6.07, 6.45) is 2.05. The lowest BCUT2D eigenvalue weighted by Crippen LogP contribution is -2.16. The summed E-state index contributed by atoms with van der Waals surface area (Å²) < 4.78 is 28.8. The molecule has 0 bridgehead atoms. The van der Waals surface area contributed by atoms with Crippen LogP contribution >= 0.6 is 10.8 Å². The number of nitrogens with zero attached hydrogens (tertiary/aromatic N) is 1. The van der Waals surface area contributed by atoms with Gasteiger partial charge in [-0.2, -0.15) is 8.42 Å². The second-order valence-corrected chi connectivity index (χ2v) is 5.89. The van der Waals surface area contributed by atoms with E-state index in [1.807, 2.05) is 0 Å². The summed E-state index contributed by atoms with van der Waals surface area (Å²) in [5.74, 6) is 0.315. The van der Waals surface area contributed by atoms with Gasteiger partial charge in [-0.15, -0.1) is 0 Å². The molecule has 0 unspecified atom stereocenters. The minimum absolute atomic E-state index is 0.0370. The molecule has 70 valence electrons. The largest absolute Gasteiger partial charge is 0.387 e. The number of hydrogen-bond donors (Lipinski definition) is 2. The topological polar surface area (TPSA) is 92.8 Å². The first-order chi connectivity index (χ1) is 5.47. The second-order valence-electron chi connectivity index (χ2n) is 2.54. The minimum Gasteiger partial charge on any atom is -0.387 e. The maximum atomic E-state index is 10.2. The third-order valence-electron chi connectivity index (χ3n) is 1.25. The molecule has 1 rings (SSSR count). The number of nitrogens with two attached hydrogens (primary N) is 1. The fourth-order valence-electron chi connectivity index (χ4n) is 0.610. The smallest absolute Gasteiger partial charge is 0.320 e. The van der Waals surface area contributed by atoms with E-state index in [1.54, 1.807) is 0 Å². The summed E-state index contributed by atoms with van der Waals surface area (Å²) in [7, 11) is -3.60. The summed E-state index contributed by atoms with van der Waals surface area (Å²) in [6.45, 7) is 0. The summed E-state index contributed by atoms with van der Waals surface area (Å²) in [4.78, 5) is 3.99. The van der Waals surface area contributed by atoms with E-state index in [-0.39, 0.29) is 17.6 Å². The average Bonchev–Trinajstić information content (AvgIpc) is 2.66. The molecule has 0 heterocycles. The molecular formula is C5H10N2O3S2. The summed E-state index contributed by atoms with van der Waals surface area (Å²) >= 11 is 0. The summed E-state index contributed by atoms with van der Waals surface area (Å²) in [5, 5.41) is 0. The molecule has 1 aliphatic carbocycles. The standard InChI is InChI=1S/C5H10N2O3S2/c6-5(7-4-1-2-4)3-11-12(8,9)10/h4H,1-3H2,(H2,6,7)(H,8,9,10). The van der Waals surface area contributed by atoms with E-state index in [9.17, 15) is 8.42 Å². The maximum absolute atomic E-state index is 10.2. The molecule has 3 N–H and O–H groups in total. The molecule has 5 nitrogen and oxygen atoms in total. The fourth-order valence-corrected chi connectivity index (χ4v) is 1.76. The van der Waals surface area contributed by atoms with Crippen LogP contribution in [0.1, 0.15) is 12.8 Å². The van der Waals surface area contributed by atoms with Gasteiger partial charge in [0, 0.05) is 10.8 Å². The fraction of sp³-hybridized carbons (Fsp3) is 0.800. The van der Waals surface area contributed by atoms with Crippen molar-refractivity contribution in [2.45, 2.75) is 18.9 Å². The normalized spacial score (nSPS) is 19.6. The molecule has 0 radical (unpaired) electrons. The van der Waals surface area contributed by atoms with Crippen LogP contribution in [-0.4, -0.2) is 30.6 Å². The van der Waals surface area contributed by atoms with Gasteiger partial charge in [-0.25, -0.2) is 0 Å². The van der Waals surface area contributed by atoms with Gasteiger partial charge in [-0.3, -0.25) is 9.55 Å². The van der Waals surface area contributed by atoms with E-state index >= 15 is 0 Å². The number of aliphatic imine (C=N–C) groups is 1. The lowest BCUT2D eigenvalue weighted by atomic mass is 10.6. The van der Waals surface area contributed by atoms with Crippen LogP contribution in [0.5, 0.6) is 0 Å². The van der Waals surface area contributed by atoms with Crippen LogP contribution in [0, 0.1) is 0 Å². The predicted molar refractivity (Wildman–Crippen MR) is 48.7 cm³/mol. The Morgan fingerprint density at radius 3 is 2.67 bits per heavy atom. The minimum atomic E-state index is -3.98. The Kier molecular flexibility index (Phi) is 2.97. The van der Waals surface area contributed by atoms with Gasteiger partial charge in [0.05, 0.1) is 11.8 Å². The molecule has 1 fully saturated rings. The van der Waals surface area contributed by atoms with Crippen LogP contribution in [0.2, 0.25) is 0 Å². The number of amidine groups is 1. The quantitative estimate of drug-likeness (QED) is 0.296. The summed E-state index contributed by atoms with van der Waals surface area (Å²) in [6, 6.07) is 0.284. The predicted octanol–water partition coefficient (Wildman–Crippen LogP) is 0.0420. The Balaban J connectivity index is 2.31. The van der Waals surface area contributed by atoms with E-state index in [1.165, 1.54) is 0 Å². The number of rotatable bonds is 4. The molecule has 1 saturated carbocycles. The van der Waals surface area contributed by atoms with Crippen LogP contribution in [0.15, 0.2) is 4.99 Å². The molecule has 0 aliphatic heterocycles. The average molecular weight is 210 g/mol. The van der Waals surface area contributed by atoms with Crippen molar-refractivity contribution in [3.8, 4) is 0 Å². The molecule has 0 spiro atoms. The highest BCUT2D eigenvalue weighted by molar-refractivity contribution is 8.70. The van der Waals surface area contributed by atoms with E-state index in [2.05, 4.69) is 4.99 Å². The van der Waals surface area contributed by atoms with Gasteiger partial charge in [0.2, 0.25) is 0 Å². The van der Waals surface area contributed by atoms with Crippen LogP contribution in [0.4, 0.5) is 0 Å². The zero-order valence-electron chi connectivity index (χ0n) is 6.30. The van der Waals surface area contributed by atoms with Crippen LogP contribution in [-0.2, 0) is 9.15 Å². The molecular weight excluding hydrogens is 200 g/mol.